The Morgan fingerprint density at radius 1 is 1.00 bits per heavy atom. The summed E-state index contributed by atoms with van der Waals surface area (Å²) in [5.41, 5.74) is 11.5. The van der Waals surface area contributed by atoms with Crippen molar-refractivity contribution in [3.05, 3.63) is 60.4 Å². The Kier molecular flexibility index (Phi) is 2.15. The number of aryl methyl sites for hydroxylation is 1. The van der Waals surface area contributed by atoms with Crippen molar-refractivity contribution in [2.24, 2.45) is 0 Å². The van der Waals surface area contributed by atoms with Gasteiger partial charge in [0, 0.05) is 34.7 Å². The minimum absolute atomic E-state index is 0.820. The van der Waals surface area contributed by atoms with Crippen LogP contribution in [-0.4, -0.2) is 4.40 Å². The smallest absolute Gasteiger partial charge is 0.0456 e. The highest BCUT2D eigenvalue weighted by Crippen LogP contribution is 2.27. The van der Waals surface area contributed by atoms with Crippen LogP contribution in [0.1, 0.15) is 5.56 Å². The molecule has 0 fully saturated rings. The Bertz CT molecular complexity index is 680. The van der Waals surface area contributed by atoms with Crippen LogP contribution >= 0.6 is 0 Å². The molecule has 1 aromatic carbocycles. The van der Waals surface area contributed by atoms with E-state index in [9.17, 15) is 0 Å². The summed E-state index contributed by atoms with van der Waals surface area (Å²) in [6.07, 6.45) is 4.24. The Hall–Kier alpha value is -2.22. The van der Waals surface area contributed by atoms with E-state index < -0.39 is 0 Å². The van der Waals surface area contributed by atoms with Crippen LogP contribution in [0.4, 0.5) is 5.69 Å². The second-order valence-electron chi connectivity index (χ2n) is 4.35. The third-order valence-electron chi connectivity index (χ3n) is 3.01. The van der Waals surface area contributed by atoms with Crippen LogP contribution in [0.25, 0.3) is 16.6 Å². The van der Waals surface area contributed by atoms with E-state index in [1.165, 1.54) is 11.1 Å². The molecule has 0 aliphatic carbocycles. The van der Waals surface area contributed by atoms with Gasteiger partial charge >= 0.3 is 0 Å². The first-order chi connectivity index (χ1) is 8.24. The SMILES string of the molecule is Cc1ccc2cc(-c3ccccc3N)cn2c1. The maximum absolute atomic E-state index is 6.00. The van der Waals surface area contributed by atoms with Crippen LogP contribution in [0.5, 0.6) is 0 Å². The van der Waals surface area contributed by atoms with Gasteiger partial charge in [-0.25, -0.2) is 0 Å². The van der Waals surface area contributed by atoms with Crippen LogP contribution in [0, 0.1) is 6.92 Å². The maximum Gasteiger partial charge on any atom is 0.0456 e. The molecule has 2 aromatic heterocycles. The van der Waals surface area contributed by atoms with E-state index in [-0.39, 0.29) is 0 Å². The summed E-state index contributed by atoms with van der Waals surface area (Å²) in [7, 11) is 0. The average Bonchev–Trinajstić information content (AvgIpc) is 2.72. The standard InChI is InChI=1S/C15H14N2/c1-11-6-7-13-8-12(10-17(13)9-11)14-4-2-3-5-15(14)16/h2-10H,16H2,1H3. The lowest BCUT2D eigenvalue weighted by molar-refractivity contribution is 1.17. The Labute approximate surface area is 100 Å². The molecule has 0 amide bonds. The summed E-state index contributed by atoms with van der Waals surface area (Å²) in [6, 6.07) is 14.4. The van der Waals surface area contributed by atoms with Crippen molar-refractivity contribution >= 4 is 11.2 Å². The normalized spacial score (nSPS) is 10.9. The third-order valence-corrected chi connectivity index (χ3v) is 3.01. The monoisotopic (exact) mass is 222 g/mol. The Morgan fingerprint density at radius 3 is 2.65 bits per heavy atom. The highest BCUT2D eigenvalue weighted by molar-refractivity contribution is 5.79. The molecule has 3 aromatic rings. The van der Waals surface area contributed by atoms with Gasteiger partial charge in [0.15, 0.2) is 0 Å². The van der Waals surface area contributed by atoms with Crippen LogP contribution in [0.2, 0.25) is 0 Å². The lowest BCUT2D eigenvalue weighted by Gasteiger charge is -2.01. The molecule has 0 spiro atoms. The van der Waals surface area contributed by atoms with Crippen molar-refractivity contribution in [2.45, 2.75) is 6.92 Å². The van der Waals surface area contributed by atoms with Crippen molar-refractivity contribution in [1.82, 2.24) is 4.40 Å². The predicted octanol–water partition coefficient (Wildman–Crippen LogP) is 3.50. The highest BCUT2D eigenvalue weighted by atomic mass is 14.9. The van der Waals surface area contributed by atoms with Crippen LogP contribution in [0.15, 0.2) is 54.9 Å². The number of aromatic nitrogens is 1. The van der Waals surface area contributed by atoms with Gasteiger partial charge in [-0.05, 0) is 30.7 Å². The molecule has 2 N–H and O–H groups in total. The van der Waals surface area contributed by atoms with E-state index in [1.807, 2.05) is 18.2 Å². The molecule has 0 atom stereocenters. The molecule has 2 nitrogen and oxygen atoms in total. The summed E-state index contributed by atoms with van der Waals surface area (Å²) in [6.45, 7) is 2.09. The van der Waals surface area contributed by atoms with Gasteiger partial charge in [-0.3, -0.25) is 0 Å². The minimum atomic E-state index is 0.820. The average molecular weight is 222 g/mol. The Morgan fingerprint density at radius 2 is 1.82 bits per heavy atom. The first-order valence-corrected chi connectivity index (χ1v) is 5.67. The number of nitrogens with zero attached hydrogens (tertiary/aromatic N) is 1. The van der Waals surface area contributed by atoms with Gasteiger partial charge in [0.1, 0.15) is 0 Å². The predicted molar refractivity (Wildman–Crippen MR) is 72.0 cm³/mol. The zero-order valence-corrected chi connectivity index (χ0v) is 9.72. The number of para-hydroxylation sites is 1. The van der Waals surface area contributed by atoms with E-state index in [1.54, 1.807) is 0 Å². The molecule has 17 heavy (non-hydrogen) atoms. The van der Waals surface area contributed by atoms with Gasteiger partial charge in [0.05, 0.1) is 0 Å². The maximum atomic E-state index is 6.00. The third kappa shape index (κ3) is 1.68. The number of nitrogens with two attached hydrogens (primary N) is 1. The summed E-state index contributed by atoms with van der Waals surface area (Å²) >= 11 is 0. The van der Waals surface area contributed by atoms with E-state index >= 15 is 0 Å². The van der Waals surface area contributed by atoms with Crippen molar-refractivity contribution in [1.29, 1.82) is 0 Å². The zero-order valence-electron chi connectivity index (χ0n) is 9.72. The van der Waals surface area contributed by atoms with Gasteiger partial charge in [0.25, 0.3) is 0 Å². The molecule has 0 aliphatic heterocycles. The molecular formula is C15H14N2. The molecular weight excluding hydrogens is 208 g/mol. The number of rotatable bonds is 1. The molecule has 0 saturated carbocycles. The number of nitrogen functional groups attached to an aromatic ring is 1. The molecule has 2 heterocycles. The molecule has 0 bridgehead atoms. The number of hydrogen-bond acceptors (Lipinski definition) is 1. The summed E-state index contributed by atoms with van der Waals surface area (Å²) in [5.74, 6) is 0. The molecule has 0 aliphatic rings. The van der Waals surface area contributed by atoms with Gasteiger partial charge in [-0.2, -0.15) is 0 Å². The topological polar surface area (TPSA) is 30.4 Å². The second kappa shape index (κ2) is 3.67. The fourth-order valence-corrected chi connectivity index (χ4v) is 2.13. The lowest BCUT2D eigenvalue weighted by atomic mass is 10.1. The molecule has 2 heteroatoms. The molecule has 0 radical (unpaired) electrons. The molecule has 3 rings (SSSR count). The first kappa shape index (κ1) is 9.97. The summed E-state index contributed by atoms with van der Waals surface area (Å²) in [4.78, 5) is 0. The zero-order chi connectivity index (χ0) is 11.8. The fraction of sp³-hybridized carbons (Fsp3) is 0.0667. The van der Waals surface area contributed by atoms with E-state index in [2.05, 4.69) is 48.0 Å². The van der Waals surface area contributed by atoms with Crippen LogP contribution < -0.4 is 5.73 Å². The molecule has 84 valence electrons. The van der Waals surface area contributed by atoms with Crippen LogP contribution in [-0.2, 0) is 0 Å². The van der Waals surface area contributed by atoms with Crippen molar-refractivity contribution in [2.75, 3.05) is 5.73 Å². The fourth-order valence-electron chi connectivity index (χ4n) is 2.13. The largest absolute Gasteiger partial charge is 0.398 e. The summed E-state index contributed by atoms with van der Waals surface area (Å²) < 4.78 is 2.14. The van der Waals surface area contributed by atoms with Crippen molar-refractivity contribution in [3.63, 3.8) is 0 Å². The molecule has 0 saturated heterocycles. The van der Waals surface area contributed by atoms with E-state index in [4.69, 9.17) is 5.73 Å². The second-order valence-corrected chi connectivity index (χ2v) is 4.35. The quantitative estimate of drug-likeness (QED) is 0.627. The lowest BCUT2D eigenvalue weighted by Crippen LogP contribution is -1.87. The van der Waals surface area contributed by atoms with E-state index in [0.29, 0.717) is 0 Å². The van der Waals surface area contributed by atoms with Gasteiger partial charge in [-0.15, -0.1) is 0 Å². The van der Waals surface area contributed by atoms with Crippen LogP contribution in [0.3, 0.4) is 0 Å². The first-order valence-electron chi connectivity index (χ1n) is 5.67. The van der Waals surface area contributed by atoms with Gasteiger partial charge in [-0.1, -0.05) is 24.3 Å². The number of benzene rings is 1. The van der Waals surface area contributed by atoms with Gasteiger partial charge in [0.2, 0.25) is 0 Å². The van der Waals surface area contributed by atoms with Gasteiger partial charge < -0.3 is 10.1 Å². The number of fused-ring (bicyclic) bond motifs is 1. The minimum Gasteiger partial charge on any atom is -0.398 e. The van der Waals surface area contributed by atoms with Crippen molar-refractivity contribution < 1.29 is 0 Å². The Balaban J connectivity index is 2.22. The number of anilines is 1. The number of hydrogen-bond donors (Lipinski definition) is 1. The summed E-state index contributed by atoms with van der Waals surface area (Å²) in [5, 5.41) is 0. The number of pyridine rings is 1. The highest BCUT2D eigenvalue weighted by Gasteiger charge is 2.04. The van der Waals surface area contributed by atoms with E-state index in [0.717, 1.165) is 16.8 Å². The van der Waals surface area contributed by atoms with Crippen molar-refractivity contribution in [3.8, 4) is 11.1 Å². The molecule has 0 unspecified atom stereocenters.